The first-order valence-electron chi connectivity index (χ1n) is 7.19. The molecule has 0 saturated heterocycles. The van der Waals surface area contributed by atoms with E-state index in [1.165, 1.54) is 0 Å². The van der Waals surface area contributed by atoms with E-state index in [1.807, 2.05) is 13.0 Å². The molecule has 110 valence electrons. The van der Waals surface area contributed by atoms with E-state index in [9.17, 15) is 0 Å². The number of rotatable bonds is 6. The Morgan fingerprint density at radius 3 is 2.70 bits per heavy atom. The van der Waals surface area contributed by atoms with Crippen LogP contribution in [0.4, 0.5) is 11.4 Å². The third kappa shape index (κ3) is 3.41. The maximum atomic E-state index is 6.14. The van der Waals surface area contributed by atoms with Crippen LogP contribution in [0.25, 0.3) is 10.2 Å². The fourth-order valence-electron chi connectivity index (χ4n) is 2.41. The molecule has 2 rings (SSSR count). The van der Waals surface area contributed by atoms with Gasteiger partial charge in [-0.15, -0.1) is 11.3 Å². The van der Waals surface area contributed by atoms with E-state index in [4.69, 9.17) is 5.73 Å². The highest BCUT2D eigenvalue weighted by Gasteiger charge is 2.11. The smallest absolute Gasteiger partial charge is 0.0907 e. The number of hydrogen-bond donors (Lipinski definition) is 2. The maximum Gasteiger partial charge on any atom is 0.0907 e. The van der Waals surface area contributed by atoms with Crippen LogP contribution in [0.15, 0.2) is 12.1 Å². The van der Waals surface area contributed by atoms with Gasteiger partial charge in [0, 0.05) is 12.6 Å². The van der Waals surface area contributed by atoms with Gasteiger partial charge in [0.2, 0.25) is 0 Å². The molecule has 1 unspecified atom stereocenters. The summed E-state index contributed by atoms with van der Waals surface area (Å²) in [5.41, 5.74) is 8.96. The number of thiazole rings is 1. The monoisotopic (exact) mass is 292 g/mol. The molecule has 0 aliphatic carbocycles. The number of nitrogens with two attached hydrogens (primary N) is 1. The summed E-state index contributed by atoms with van der Waals surface area (Å²) in [6, 6.07) is 4.44. The molecule has 0 fully saturated rings. The molecule has 1 atom stereocenters. The van der Waals surface area contributed by atoms with Gasteiger partial charge in [0.05, 0.1) is 26.6 Å². The summed E-state index contributed by atoms with van der Waals surface area (Å²) < 4.78 is 1.15. The van der Waals surface area contributed by atoms with E-state index in [-0.39, 0.29) is 0 Å². The van der Waals surface area contributed by atoms with Crippen molar-refractivity contribution < 1.29 is 0 Å². The van der Waals surface area contributed by atoms with Crippen LogP contribution in [0, 0.1) is 6.92 Å². The molecule has 1 aromatic carbocycles. The highest BCUT2D eigenvalue weighted by molar-refractivity contribution is 7.18. The SMILES string of the molecule is CCN(CC)CC(C)Nc1cc2nc(C)sc2cc1N. The summed E-state index contributed by atoms with van der Waals surface area (Å²) in [4.78, 5) is 6.93. The van der Waals surface area contributed by atoms with Crippen molar-refractivity contribution in [3.8, 4) is 0 Å². The van der Waals surface area contributed by atoms with Crippen molar-refractivity contribution in [1.29, 1.82) is 0 Å². The molecule has 0 bridgehead atoms. The lowest BCUT2D eigenvalue weighted by Gasteiger charge is -2.24. The van der Waals surface area contributed by atoms with E-state index < -0.39 is 0 Å². The molecule has 20 heavy (non-hydrogen) atoms. The van der Waals surface area contributed by atoms with Crippen LogP contribution >= 0.6 is 11.3 Å². The Balaban J connectivity index is 2.14. The molecular formula is C15H24N4S. The Bertz CT molecular complexity index is 575. The van der Waals surface area contributed by atoms with Crippen molar-refractivity contribution >= 4 is 32.9 Å². The van der Waals surface area contributed by atoms with E-state index >= 15 is 0 Å². The topological polar surface area (TPSA) is 54.2 Å². The molecule has 0 aliphatic rings. The summed E-state index contributed by atoms with van der Waals surface area (Å²) in [7, 11) is 0. The molecule has 1 aromatic heterocycles. The summed E-state index contributed by atoms with van der Waals surface area (Å²) >= 11 is 1.68. The number of anilines is 2. The molecule has 1 heterocycles. The van der Waals surface area contributed by atoms with Crippen LogP contribution in [0.1, 0.15) is 25.8 Å². The largest absolute Gasteiger partial charge is 0.397 e. The first-order valence-corrected chi connectivity index (χ1v) is 8.00. The van der Waals surface area contributed by atoms with Gasteiger partial charge in [-0.3, -0.25) is 0 Å². The quantitative estimate of drug-likeness (QED) is 0.802. The highest BCUT2D eigenvalue weighted by atomic mass is 32.1. The third-order valence-corrected chi connectivity index (χ3v) is 4.43. The second-order valence-corrected chi connectivity index (χ2v) is 6.41. The predicted octanol–water partition coefficient (Wildman–Crippen LogP) is 3.33. The average Bonchev–Trinajstić information content (AvgIpc) is 2.75. The Morgan fingerprint density at radius 1 is 1.35 bits per heavy atom. The zero-order valence-corrected chi connectivity index (χ0v) is 13.5. The fourth-order valence-corrected chi connectivity index (χ4v) is 3.27. The van der Waals surface area contributed by atoms with E-state index in [0.717, 1.165) is 46.2 Å². The molecule has 0 radical (unpaired) electrons. The Hall–Kier alpha value is -1.33. The van der Waals surface area contributed by atoms with Crippen molar-refractivity contribution in [3.63, 3.8) is 0 Å². The van der Waals surface area contributed by atoms with Gasteiger partial charge in [-0.05, 0) is 39.1 Å². The molecule has 0 aliphatic heterocycles. The van der Waals surface area contributed by atoms with E-state index in [1.54, 1.807) is 11.3 Å². The lowest BCUT2D eigenvalue weighted by molar-refractivity contribution is 0.295. The summed E-state index contributed by atoms with van der Waals surface area (Å²) in [5, 5.41) is 4.59. The highest BCUT2D eigenvalue weighted by Crippen LogP contribution is 2.30. The van der Waals surface area contributed by atoms with Crippen molar-refractivity contribution in [2.24, 2.45) is 0 Å². The summed E-state index contributed by atoms with van der Waals surface area (Å²) in [5.74, 6) is 0. The second kappa shape index (κ2) is 6.41. The number of aromatic nitrogens is 1. The van der Waals surface area contributed by atoms with Gasteiger partial charge in [-0.25, -0.2) is 4.98 Å². The number of nitrogens with one attached hydrogen (secondary N) is 1. The molecule has 4 nitrogen and oxygen atoms in total. The lowest BCUT2D eigenvalue weighted by atomic mass is 10.2. The average molecular weight is 292 g/mol. The summed E-state index contributed by atoms with van der Waals surface area (Å²) in [6.45, 7) is 11.7. The number of benzene rings is 1. The zero-order chi connectivity index (χ0) is 14.7. The van der Waals surface area contributed by atoms with Gasteiger partial charge in [0.1, 0.15) is 0 Å². The first kappa shape index (κ1) is 15.1. The number of hydrogen-bond acceptors (Lipinski definition) is 5. The number of fused-ring (bicyclic) bond motifs is 1. The number of aryl methyl sites for hydroxylation is 1. The molecule has 0 saturated carbocycles. The minimum Gasteiger partial charge on any atom is -0.397 e. The van der Waals surface area contributed by atoms with E-state index in [0.29, 0.717) is 6.04 Å². The zero-order valence-electron chi connectivity index (χ0n) is 12.7. The number of likely N-dealkylation sites (N-methyl/N-ethyl adjacent to an activating group) is 1. The molecular weight excluding hydrogens is 268 g/mol. The Kier molecular flexibility index (Phi) is 4.83. The van der Waals surface area contributed by atoms with Gasteiger partial charge in [-0.2, -0.15) is 0 Å². The molecule has 2 aromatic rings. The normalized spacial score (nSPS) is 13.1. The van der Waals surface area contributed by atoms with Crippen LogP contribution < -0.4 is 11.1 Å². The van der Waals surface area contributed by atoms with Crippen LogP contribution in [-0.2, 0) is 0 Å². The van der Waals surface area contributed by atoms with Crippen LogP contribution in [0.2, 0.25) is 0 Å². The van der Waals surface area contributed by atoms with E-state index in [2.05, 4.69) is 42.0 Å². The molecule has 5 heteroatoms. The lowest BCUT2D eigenvalue weighted by Crippen LogP contribution is -2.34. The Morgan fingerprint density at radius 2 is 2.05 bits per heavy atom. The van der Waals surface area contributed by atoms with Crippen LogP contribution in [0.3, 0.4) is 0 Å². The van der Waals surface area contributed by atoms with Gasteiger partial charge < -0.3 is 16.0 Å². The Labute approximate surface area is 125 Å². The van der Waals surface area contributed by atoms with Crippen molar-refractivity contribution in [2.75, 3.05) is 30.7 Å². The standard InChI is InChI=1S/C15H24N4S/c1-5-19(6-2)9-10(3)17-13-8-14-15(7-12(13)16)20-11(4)18-14/h7-8,10,17H,5-6,9,16H2,1-4H3. The van der Waals surface area contributed by atoms with Crippen molar-refractivity contribution in [3.05, 3.63) is 17.1 Å². The minimum atomic E-state index is 0.356. The first-order chi connectivity index (χ1) is 9.53. The van der Waals surface area contributed by atoms with Crippen LogP contribution in [0.5, 0.6) is 0 Å². The second-order valence-electron chi connectivity index (χ2n) is 5.17. The van der Waals surface area contributed by atoms with Crippen molar-refractivity contribution in [1.82, 2.24) is 9.88 Å². The molecule has 0 amide bonds. The minimum absolute atomic E-state index is 0.356. The van der Waals surface area contributed by atoms with Gasteiger partial charge in [-0.1, -0.05) is 13.8 Å². The molecule has 3 N–H and O–H groups in total. The van der Waals surface area contributed by atoms with Crippen LogP contribution in [-0.4, -0.2) is 35.6 Å². The maximum absolute atomic E-state index is 6.14. The van der Waals surface area contributed by atoms with Gasteiger partial charge in [0.25, 0.3) is 0 Å². The summed E-state index contributed by atoms with van der Waals surface area (Å²) in [6.07, 6.45) is 0. The van der Waals surface area contributed by atoms with Crippen molar-refractivity contribution in [2.45, 2.75) is 33.7 Å². The molecule has 0 spiro atoms. The van der Waals surface area contributed by atoms with Gasteiger partial charge >= 0.3 is 0 Å². The van der Waals surface area contributed by atoms with Gasteiger partial charge in [0.15, 0.2) is 0 Å². The third-order valence-electron chi connectivity index (χ3n) is 3.50. The number of nitrogens with zero attached hydrogens (tertiary/aromatic N) is 2. The predicted molar refractivity (Wildman–Crippen MR) is 89.6 cm³/mol. The number of nitrogen functional groups attached to an aromatic ring is 1. The fraction of sp³-hybridized carbons (Fsp3) is 0.533.